The number of aryl methyl sites for hydroxylation is 1. The zero-order valence-electron chi connectivity index (χ0n) is 13.3. The van der Waals surface area contributed by atoms with Gasteiger partial charge in [0.15, 0.2) is 6.61 Å². The van der Waals surface area contributed by atoms with Crippen LogP contribution in [0, 0.1) is 6.92 Å². The fourth-order valence-electron chi connectivity index (χ4n) is 1.86. The van der Waals surface area contributed by atoms with Gasteiger partial charge >= 0.3 is 0 Å². The van der Waals surface area contributed by atoms with Gasteiger partial charge in [0.2, 0.25) is 0 Å². The van der Waals surface area contributed by atoms with Crippen molar-refractivity contribution in [3.63, 3.8) is 0 Å². The van der Waals surface area contributed by atoms with E-state index in [2.05, 4.69) is 10.5 Å². The van der Waals surface area contributed by atoms with E-state index < -0.39 is 0 Å². The molecular formula is C18H20N2O3. The van der Waals surface area contributed by atoms with Crippen LogP contribution < -0.4 is 14.9 Å². The molecule has 0 aliphatic heterocycles. The van der Waals surface area contributed by atoms with Gasteiger partial charge in [-0.15, -0.1) is 0 Å². The molecule has 0 aromatic heterocycles. The Morgan fingerprint density at radius 3 is 2.61 bits per heavy atom. The summed E-state index contributed by atoms with van der Waals surface area (Å²) in [6, 6.07) is 15.0. The highest BCUT2D eigenvalue weighted by Crippen LogP contribution is 2.15. The number of para-hydroxylation sites is 1. The molecule has 0 aliphatic carbocycles. The number of rotatable bonds is 7. The van der Waals surface area contributed by atoms with Crippen LogP contribution >= 0.6 is 0 Å². The number of nitrogens with zero attached hydrogens (tertiary/aromatic N) is 1. The first-order valence-corrected chi connectivity index (χ1v) is 7.42. The van der Waals surface area contributed by atoms with Crippen molar-refractivity contribution in [3.05, 3.63) is 59.7 Å². The molecule has 0 bridgehead atoms. The van der Waals surface area contributed by atoms with Crippen LogP contribution in [0.1, 0.15) is 18.1 Å². The van der Waals surface area contributed by atoms with Crippen molar-refractivity contribution in [2.45, 2.75) is 13.8 Å². The summed E-state index contributed by atoms with van der Waals surface area (Å²) in [4.78, 5) is 11.7. The molecule has 23 heavy (non-hydrogen) atoms. The number of benzene rings is 2. The summed E-state index contributed by atoms with van der Waals surface area (Å²) in [6.07, 6.45) is 1.55. The third kappa shape index (κ3) is 5.47. The van der Waals surface area contributed by atoms with Gasteiger partial charge in [0.05, 0.1) is 12.8 Å². The Morgan fingerprint density at radius 2 is 1.87 bits per heavy atom. The fraction of sp³-hybridized carbons (Fsp3) is 0.222. The summed E-state index contributed by atoms with van der Waals surface area (Å²) < 4.78 is 10.9. The van der Waals surface area contributed by atoms with E-state index in [1.165, 1.54) is 0 Å². The molecular weight excluding hydrogens is 292 g/mol. The van der Waals surface area contributed by atoms with Crippen molar-refractivity contribution in [1.29, 1.82) is 0 Å². The van der Waals surface area contributed by atoms with Crippen LogP contribution in [0.15, 0.2) is 53.6 Å². The van der Waals surface area contributed by atoms with E-state index >= 15 is 0 Å². The second kappa shape index (κ2) is 8.58. The van der Waals surface area contributed by atoms with Crippen LogP contribution in [0.5, 0.6) is 11.5 Å². The summed E-state index contributed by atoms with van der Waals surface area (Å²) in [5.74, 6) is 1.05. The lowest BCUT2D eigenvalue weighted by Crippen LogP contribution is -2.24. The van der Waals surface area contributed by atoms with E-state index in [0.717, 1.165) is 16.9 Å². The molecule has 120 valence electrons. The Morgan fingerprint density at radius 1 is 1.13 bits per heavy atom. The quantitative estimate of drug-likeness (QED) is 0.631. The molecule has 2 rings (SSSR count). The fourth-order valence-corrected chi connectivity index (χ4v) is 1.86. The second-order valence-corrected chi connectivity index (χ2v) is 4.87. The molecule has 0 saturated carbocycles. The number of carbonyl (C=O) groups excluding carboxylic acids is 1. The monoisotopic (exact) mass is 312 g/mol. The van der Waals surface area contributed by atoms with Crippen molar-refractivity contribution >= 4 is 12.1 Å². The molecule has 2 aromatic carbocycles. The van der Waals surface area contributed by atoms with Gasteiger partial charge in [-0.2, -0.15) is 5.10 Å². The summed E-state index contributed by atoms with van der Waals surface area (Å²) in [5, 5.41) is 3.93. The third-order valence-electron chi connectivity index (χ3n) is 3.00. The number of nitrogens with one attached hydrogen (secondary N) is 1. The molecule has 0 spiro atoms. The lowest BCUT2D eigenvalue weighted by Gasteiger charge is -2.06. The molecule has 0 radical (unpaired) electrons. The van der Waals surface area contributed by atoms with E-state index in [1.807, 2.05) is 62.4 Å². The maximum Gasteiger partial charge on any atom is 0.277 e. The highest BCUT2D eigenvalue weighted by molar-refractivity contribution is 5.85. The lowest BCUT2D eigenvalue weighted by atomic mass is 10.2. The first kappa shape index (κ1) is 16.5. The lowest BCUT2D eigenvalue weighted by molar-refractivity contribution is -0.123. The van der Waals surface area contributed by atoms with Crippen molar-refractivity contribution in [1.82, 2.24) is 5.43 Å². The van der Waals surface area contributed by atoms with E-state index in [4.69, 9.17) is 9.47 Å². The Hall–Kier alpha value is -2.82. The predicted molar refractivity (Wildman–Crippen MR) is 90.0 cm³/mol. The number of ether oxygens (including phenoxy) is 2. The Balaban J connectivity index is 1.83. The smallest absolute Gasteiger partial charge is 0.277 e. The van der Waals surface area contributed by atoms with Crippen LogP contribution in [0.25, 0.3) is 0 Å². The Labute approximate surface area is 135 Å². The molecule has 0 saturated heterocycles. The number of hydrogen-bond donors (Lipinski definition) is 1. The van der Waals surface area contributed by atoms with Gasteiger partial charge in [0.25, 0.3) is 5.91 Å². The molecule has 5 heteroatoms. The van der Waals surface area contributed by atoms with E-state index in [9.17, 15) is 4.79 Å². The van der Waals surface area contributed by atoms with E-state index in [-0.39, 0.29) is 12.5 Å². The summed E-state index contributed by atoms with van der Waals surface area (Å²) in [6.45, 7) is 4.39. The van der Waals surface area contributed by atoms with Crippen molar-refractivity contribution in [3.8, 4) is 11.5 Å². The minimum Gasteiger partial charge on any atom is -0.493 e. The summed E-state index contributed by atoms with van der Waals surface area (Å²) in [5.41, 5.74) is 4.37. The van der Waals surface area contributed by atoms with Crippen LogP contribution in [-0.2, 0) is 4.79 Å². The van der Waals surface area contributed by atoms with Crippen LogP contribution in [0.2, 0.25) is 0 Å². The van der Waals surface area contributed by atoms with Gasteiger partial charge in [-0.1, -0.05) is 29.8 Å². The van der Waals surface area contributed by atoms with Crippen molar-refractivity contribution in [2.75, 3.05) is 13.2 Å². The highest BCUT2D eigenvalue weighted by atomic mass is 16.5. The zero-order chi connectivity index (χ0) is 16.5. The minimum absolute atomic E-state index is 0.0898. The maximum atomic E-state index is 11.7. The molecule has 0 atom stereocenters. The van der Waals surface area contributed by atoms with Crippen molar-refractivity contribution in [2.24, 2.45) is 5.10 Å². The van der Waals surface area contributed by atoms with Gasteiger partial charge < -0.3 is 9.47 Å². The molecule has 0 unspecified atom stereocenters. The van der Waals surface area contributed by atoms with Crippen LogP contribution in [0.3, 0.4) is 0 Å². The predicted octanol–water partition coefficient (Wildman–Crippen LogP) is 2.92. The number of hydrogen-bond acceptors (Lipinski definition) is 4. The Kier molecular flexibility index (Phi) is 6.17. The number of hydrazone groups is 1. The second-order valence-electron chi connectivity index (χ2n) is 4.87. The maximum absolute atomic E-state index is 11.7. The zero-order valence-corrected chi connectivity index (χ0v) is 13.3. The molecule has 0 aliphatic rings. The first-order valence-electron chi connectivity index (χ1n) is 7.42. The average Bonchev–Trinajstić information content (AvgIpc) is 2.56. The van der Waals surface area contributed by atoms with Gasteiger partial charge in [-0.25, -0.2) is 5.43 Å². The average molecular weight is 312 g/mol. The third-order valence-corrected chi connectivity index (χ3v) is 3.00. The molecule has 2 aromatic rings. The minimum atomic E-state index is -0.323. The summed E-state index contributed by atoms with van der Waals surface area (Å²) >= 11 is 0. The number of carbonyl (C=O) groups is 1. The SMILES string of the molecule is CCOc1ccccc1/C=N/NC(=O)COc1ccc(C)cc1. The van der Waals surface area contributed by atoms with Gasteiger partial charge in [0, 0.05) is 5.56 Å². The number of amides is 1. The molecule has 0 fully saturated rings. The largest absolute Gasteiger partial charge is 0.493 e. The molecule has 0 heterocycles. The van der Waals surface area contributed by atoms with Gasteiger partial charge in [-0.05, 0) is 38.1 Å². The van der Waals surface area contributed by atoms with E-state index in [1.54, 1.807) is 6.21 Å². The van der Waals surface area contributed by atoms with Gasteiger partial charge in [0.1, 0.15) is 11.5 Å². The van der Waals surface area contributed by atoms with Gasteiger partial charge in [-0.3, -0.25) is 4.79 Å². The first-order chi connectivity index (χ1) is 11.2. The molecule has 1 amide bonds. The Bertz CT molecular complexity index is 666. The van der Waals surface area contributed by atoms with Crippen LogP contribution in [0.4, 0.5) is 0 Å². The van der Waals surface area contributed by atoms with Crippen molar-refractivity contribution < 1.29 is 14.3 Å². The summed E-state index contributed by atoms with van der Waals surface area (Å²) in [7, 11) is 0. The molecule has 5 nitrogen and oxygen atoms in total. The standard InChI is InChI=1S/C18H20N2O3/c1-3-22-17-7-5-4-6-15(17)12-19-20-18(21)13-23-16-10-8-14(2)9-11-16/h4-12H,3,13H2,1-2H3,(H,20,21)/b19-12+. The molecule has 1 N–H and O–H groups in total. The topological polar surface area (TPSA) is 59.9 Å². The highest BCUT2D eigenvalue weighted by Gasteiger charge is 2.02. The normalized spacial score (nSPS) is 10.5. The van der Waals surface area contributed by atoms with Crippen LogP contribution in [-0.4, -0.2) is 25.3 Å². The van der Waals surface area contributed by atoms with E-state index in [0.29, 0.717) is 12.4 Å².